The minimum atomic E-state index is -0.745. The van der Waals surface area contributed by atoms with Crippen LogP contribution in [0.4, 0.5) is 4.79 Å². The van der Waals surface area contributed by atoms with Gasteiger partial charge in [-0.25, -0.2) is 0 Å². The topological polar surface area (TPSA) is 38.3 Å². The number of carbonyl (C=O) groups excluding carboxylic acids is 1. The summed E-state index contributed by atoms with van der Waals surface area (Å²) >= 11 is 0. The van der Waals surface area contributed by atoms with E-state index in [1.54, 1.807) is 0 Å². The van der Waals surface area contributed by atoms with Crippen LogP contribution in [-0.4, -0.2) is 34.9 Å². The molecule has 0 unspecified atom stereocenters. The van der Waals surface area contributed by atoms with Crippen LogP contribution < -0.4 is 5.32 Å². The van der Waals surface area contributed by atoms with Crippen LogP contribution in [0, 0.1) is 0 Å². The molecule has 0 aromatic heterocycles. The Morgan fingerprint density at radius 3 is 1.75 bits per heavy atom. The molecule has 0 aliphatic heterocycles. The van der Waals surface area contributed by atoms with Crippen LogP contribution in [0.5, 0.6) is 0 Å². The smallest absolute Gasteiger partial charge is 0.235 e. The summed E-state index contributed by atoms with van der Waals surface area (Å²) in [6, 6.07) is 0. The zero-order chi connectivity index (χ0) is 6.99. The maximum Gasteiger partial charge on any atom is 0.235 e. The van der Waals surface area contributed by atoms with Gasteiger partial charge in [0.25, 0.3) is 0 Å². The van der Waals surface area contributed by atoms with Crippen molar-refractivity contribution in [2.24, 2.45) is 0 Å². The molecule has 0 saturated heterocycles. The number of hydrogen-bond acceptors (Lipinski definition) is 3. The first kappa shape index (κ1) is 10.5. The Hall–Kier alpha value is -0.505. The third kappa shape index (κ3) is 49.7. The van der Waals surface area contributed by atoms with Crippen molar-refractivity contribution in [2.45, 2.75) is 0 Å². The molecule has 2 radical (unpaired) electrons. The van der Waals surface area contributed by atoms with Gasteiger partial charge in [-0.05, 0) is 14.1 Å². The molecule has 0 spiro atoms. The lowest BCUT2D eigenvalue weighted by Gasteiger charge is -1.81. The zero-order valence-corrected chi connectivity index (χ0v) is 5.39. The third-order valence-corrected chi connectivity index (χ3v) is 0.201. The highest BCUT2D eigenvalue weighted by Crippen LogP contribution is 1.59. The molecule has 8 heavy (non-hydrogen) atoms. The van der Waals surface area contributed by atoms with Gasteiger partial charge in [0.1, 0.15) is 0 Å². The SMILES string of the molecule is CNC.[B]C(=O)OC. The van der Waals surface area contributed by atoms with Gasteiger partial charge in [-0.3, -0.25) is 4.79 Å². The van der Waals surface area contributed by atoms with Crippen LogP contribution in [0.2, 0.25) is 0 Å². The van der Waals surface area contributed by atoms with Gasteiger partial charge in [-0.1, -0.05) is 0 Å². The molecule has 0 bridgehead atoms. The van der Waals surface area contributed by atoms with Gasteiger partial charge in [-0.2, -0.15) is 0 Å². The summed E-state index contributed by atoms with van der Waals surface area (Å²) in [6.45, 7) is 0. The van der Waals surface area contributed by atoms with Gasteiger partial charge in [0, 0.05) is 0 Å². The summed E-state index contributed by atoms with van der Waals surface area (Å²) in [6.07, 6.45) is 0. The minimum absolute atomic E-state index is 0.745. The van der Waals surface area contributed by atoms with Crippen molar-refractivity contribution in [2.75, 3.05) is 21.2 Å². The van der Waals surface area contributed by atoms with E-state index in [-0.39, 0.29) is 0 Å². The van der Waals surface area contributed by atoms with Crippen LogP contribution in [0.1, 0.15) is 0 Å². The molecular formula is C4H10BNO2. The highest BCUT2D eigenvalue weighted by Gasteiger charge is 1.75. The molecule has 0 rings (SSSR count). The summed E-state index contributed by atoms with van der Waals surface area (Å²) in [7, 11) is 9.41. The lowest BCUT2D eigenvalue weighted by atomic mass is 10.2. The largest absolute Gasteiger partial charge is 0.478 e. The summed E-state index contributed by atoms with van der Waals surface area (Å²) < 4.78 is 3.89. The van der Waals surface area contributed by atoms with Crippen molar-refractivity contribution >= 4 is 13.7 Å². The number of nitrogens with one attached hydrogen (secondary N) is 1. The lowest BCUT2D eigenvalue weighted by molar-refractivity contribution is 0.198. The summed E-state index contributed by atoms with van der Waals surface area (Å²) in [4.78, 5) is 9.37. The predicted octanol–water partition coefficient (Wildman–Crippen LogP) is -0.243. The molecule has 1 N–H and O–H groups in total. The Kier molecular flexibility index (Phi) is 12.7. The first-order valence-corrected chi connectivity index (χ1v) is 2.11. The maximum absolute atomic E-state index is 9.37. The van der Waals surface area contributed by atoms with E-state index in [0.717, 1.165) is 0 Å². The van der Waals surface area contributed by atoms with Crippen molar-refractivity contribution in [3.63, 3.8) is 0 Å². The Labute approximate surface area is 50.8 Å². The Morgan fingerprint density at radius 2 is 1.75 bits per heavy atom. The average molecular weight is 115 g/mol. The van der Waals surface area contributed by atoms with Crippen LogP contribution in [-0.2, 0) is 4.74 Å². The van der Waals surface area contributed by atoms with E-state index in [4.69, 9.17) is 0 Å². The molecule has 46 valence electrons. The van der Waals surface area contributed by atoms with Crippen molar-refractivity contribution < 1.29 is 9.53 Å². The van der Waals surface area contributed by atoms with Crippen LogP contribution in [0.3, 0.4) is 0 Å². The number of rotatable bonds is 0. The van der Waals surface area contributed by atoms with Crippen molar-refractivity contribution in [1.82, 2.24) is 5.32 Å². The minimum Gasteiger partial charge on any atom is -0.478 e. The van der Waals surface area contributed by atoms with Crippen molar-refractivity contribution in [1.29, 1.82) is 0 Å². The Bertz CT molecular complexity index is 58.0. The van der Waals surface area contributed by atoms with Gasteiger partial charge in [0.15, 0.2) is 0 Å². The lowest BCUT2D eigenvalue weighted by Crippen LogP contribution is -1.92. The van der Waals surface area contributed by atoms with E-state index >= 15 is 0 Å². The van der Waals surface area contributed by atoms with Crippen molar-refractivity contribution in [3.05, 3.63) is 0 Å². The van der Waals surface area contributed by atoms with Gasteiger partial charge in [0.05, 0.1) is 7.11 Å². The summed E-state index contributed by atoms with van der Waals surface area (Å²) in [5.74, 6) is -0.745. The van der Waals surface area contributed by atoms with E-state index in [1.807, 2.05) is 14.1 Å². The molecule has 0 saturated carbocycles. The molecule has 0 aliphatic rings. The Morgan fingerprint density at radius 1 is 1.62 bits per heavy atom. The Balaban J connectivity index is 0. The molecule has 0 fully saturated rings. The van der Waals surface area contributed by atoms with Crippen LogP contribution >= 0.6 is 0 Å². The quantitative estimate of drug-likeness (QED) is 0.442. The third-order valence-electron chi connectivity index (χ3n) is 0.201. The fourth-order valence-electron chi connectivity index (χ4n) is 0. The average Bonchev–Trinajstić information content (AvgIpc) is 1.69. The van der Waals surface area contributed by atoms with Gasteiger partial charge < -0.3 is 10.1 Å². The summed E-state index contributed by atoms with van der Waals surface area (Å²) in [5, 5.41) is 2.75. The first-order chi connectivity index (χ1) is 3.68. The monoisotopic (exact) mass is 115 g/mol. The van der Waals surface area contributed by atoms with Gasteiger partial charge in [-0.15, -0.1) is 0 Å². The maximum atomic E-state index is 9.37. The van der Waals surface area contributed by atoms with E-state index in [0.29, 0.717) is 0 Å². The molecule has 0 amide bonds. The molecule has 0 heterocycles. The fourth-order valence-corrected chi connectivity index (χ4v) is 0. The number of carbonyl (C=O) groups is 1. The molecule has 3 nitrogen and oxygen atoms in total. The zero-order valence-electron chi connectivity index (χ0n) is 5.39. The first-order valence-electron chi connectivity index (χ1n) is 2.11. The second-order valence-electron chi connectivity index (χ2n) is 1.02. The molecule has 4 heteroatoms. The highest BCUT2D eigenvalue weighted by atomic mass is 16.5. The second-order valence-corrected chi connectivity index (χ2v) is 1.02. The number of hydrogen-bond donors (Lipinski definition) is 1. The van der Waals surface area contributed by atoms with E-state index < -0.39 is 5.87 Å². The van der Waals surface area contributed by atoms with Gasteiger partial charge in [0.2, 0.25) is 13.7 Å². The number of methoxy groups -OCH3 is 1. The van der Waals surface area contributed by atoms with E-state index in [1.165, 1.54) is 7.11 Å². The fraction of sp³-hybridized carbons (Fsp3) is 0.750. The number of ether oxygens (including phenoxy) is 1. The van der Waals surface area contributed by atoms with E-state index in [2.05, 4.69) is 17.9 Å². The second kappa shape index (κ2) is 9.71. The molecule has 0 atom stereocenters. The summed E-state index contributed by atoms with van der Waals surface area (Å²) in [5.41, 5.74) is 0. The normalized spacial score (nSPS) is 6.38. The van der Waals surface area contributed by atoms with Gasteiger partial charge >= 0.3 is 0 Å². The molecule has 0 aromatic rings. The molecule has 0 aliphatic carbocycles. The molecular weight excluding hydrogens is 105 g/mol. The molecule has 0 aromatic carbocycles. The predicted molar refractivity (Wildman–Crippen MR) is 33.1 cm³/mol. The highest BCUT2D eigenvalue weighted by molar-refractivity contribution is 6.55. The van der Waals surface area contributed by atoms with Crippen LogP contribution in [0.15, 0.2) is 0 Å². The van der Waals surface area contributed by atoms with Crippen molar-refractivity contribution in [3.8, 4) is 0 Å². The standard InChI is InChI=1S/C2H3BO2.C2H7N/c1-5-2(3)4;1-3-2/h1H3;3H,1-2H3. The van der Waals surface area contributed by atoms with E-state index in [9.17, 15) is 4.79 Å². The van der Waals surface area contributed by atoms with Crippen LogP contribution in [0.25, 0.3) is 0 Å².